The van der Waals surface area contributed by atoms with Gasteiger partial charge in [0.05, 0.1) is 0 Å². The summed E-state index contributed by atoms with van der Waals surface area (Å²) in [5.41, 5.74) is 2.12. The Labute approximate surface area is 120 Å². The van der Waals surface area contributed by atoms with E-state index in [1.807, 2.05) is 24.3 Å². The molecule has 20 heavy (non-hydrogen) atoms. The number of phenolic OH excluding ortho intramolecular Hbond substituents is 2. The molecule has 0 aliphatic carbocycles. The van der Waals surface area contributed by atoms with Crippen molar-refractivity contribution in [3.05, 3.63) is 59.7 Å². The lowest BCUT2D eigenvalue weighted by Crippen LogP contribution is -2.40. The van der Waals surface area contributed by atoms with Gasteiger partial charge in [-0.2, -0.15) is 0 Å². The van der Waals surface area contributed by atoms with Gasteiger partial charge in [0, 0.05) is 0 Å². The molecule has 2 rings (SSSR count). The molecule has 2 N–H and O–H groups in total. The molecule has 0 unspecified atom stereocenters. The van der Waals surface area contributed by atoms with Gasteiger partial charge in [0.15, 0.2) is 0 Å². The number of aromatic hydroxyl groups is 2. The number of hydrogen-bond donors (Lipinski definition) is 2. The minimum Gasteiger partial charge on any atom is -0.508 e. The molecule has 2 heteroatoms. The largest absolute Gasteiger partial charge is 0.508 e. The Kier molecular flexibility index (Phi) is 3.51. The molecular weight excluding hydrogens is 248 g/mol. The van der Waals surface area contributed by atoms with Crippen LogP contribution in [0, 0.1) is 0 Å². The first-order valence-electron chi connectivity index (χ1n) is 6.84. The van der Waals surface area contributed by atoms with Crippen LogP contribution in [0.5, 0.6) is 11.5 Å². The molecule has 0 aliphatic rings. The maximum absolute atomic E-state index is 9.44. The van der Waals surface area contributed by atoms with Gasteiger partial charge < -0.3 is 10.2 Å². The normalized spacial score (nSPS) is 12.4. The smallest absolute Gasteiger partial charge is 0.115 e. The fourth-order valence-electron chi connectivity index (χ4n) is 2.48. The molecule has 0 saturated carbocycles. The number of phenols is 2. The van der Waals surface area contributed by atoms with E-state index >= 15 is 0 Å². The zero-order valence-corrected chi connectivity index (χ0v) is 12.5. The maximum Gasteiger partial charge on any atom is 0.115 e. The summed E-state index contributed by atoms with van der Waals surface area (Å²) in [6, 6.07) is 14.8. The van der Waals surface area contributed by atoms with E-state index in [0.29, 0.717) is 0 Å². The van der Waals surface area contributed by atoms with Crippen LogP contribution in [-0.2, 0) is 10.8 Å². The molecule has 0 aliphatic heterocycles. The predicted octanol–water partition coefficient (Wildman–Crippen LogP) is 4.35. The van der Waals surface area contributed by atoms with E-state index in [0.717, 1.165) is 0 Å². The third-order valence-electron chi connectivity index (χ3n) is 4.74. The highest BCUT2D eigenvalue weighted by atomic mass is 16.3. The molecule has 0 fully saturated rings. The standard InChI is InChI=1S/C18H22O2/c1-17(2,13-5-9-15(19)10-6-13)18(3,4)14-7-11-16(20)12-8-14/h5-12,19-20H,1-4H3. The Morgan fingerprint density at radius 1 is 0.550 bits per heavy atom. The maximum atomic E-state index is 9.44. The van der Waals surface area contributed by atoms with Gasteiger partial charge in [0.1, 0.15) is 11.5 Å². The fraction of sp³-hybridized carbons (Fsp3) is 0.333. The van der Waals surface area contributed by atoms with E-state index in [1.165, 1.54) is 11.1 Å². The van der Waals surface area contributed by atoms with Crippen LogP contribution >= 0.6 is 0 Å². The van der Waals surface area contributed by atoms with Gasteiger partial charge in [0.25, 0.3) is 0 Å². The van der Waals surface area contributed by atoms with Crippen LogP contribution in [0.15, 0.2) is 48.5 Å². The Morgan fingerprint density at radius 2 is 0.800 bits per heavy atom. The van der Waals surface area contributed by atoms with Gasteiger partial charge in [0.2, 0.25) is 0 Å². The molecule has 0 heterocycles. The van der Waals surface area contributed by atoms with Crippen LogP contribution in [0.3, 0.4) is 0 Å². The molecule has 0 radical (unpaired) electrons. The predicted molar refractivity (Wildman–Crippen MR) is 82.3 cm³/mol. The zero-order valence-electron chi connectivity index (χ0n) is 12.5. The summed E-state index contributed by atoms with van der Waals surface area (Å²) in [7, 11) is 0. The second-order valence-electron chi connectivity index (χ2n) is 6.34. The van der Waals surface area contributed by atoms with Crippen molar-refractivity contribution in [2.75, 3.05) is 0 Å². The molecule has 0 aromatic heterocycles. The fourth-order valence-corrected chi connectivity index (χ4v) is 2.48. The Morgan fingerprint density at radius 3 is 1.05 bits per heavy atom. The molecule has 0 bridgehead atoms. The van der Waals surface area contributed by atoms with Gasteiger partial charge in [-0.05, 0) is 46.2 Å². The van der Waals surface area contributed by atoms with Gasteiger partial charge >= 0.3 is 0 Å². The summed E-state index contributed by atoms with van der Waals surface area (Å²) in [5.74, 6) is 0.568. The second-order valence-corrected chi connectivity index (χ2v) is 6.34. The van der Waals surface area contributed by atoms with Crippen molar-refractivity contribution in [3.8, 4) is 11.5 Å². The van der Waals surface area contributed by atoms with Gasteiger partial charge in [-0.15, -0.1) is 0 Å². The lowest BCUT2D eigenvalue weighted by molar-refractivity contribution is 0.302. The summed E-state index contributed by atoms with van der Waals surface area (Å²) in [5, 5.41) is 18.9. The molecule has 0 atom stereocenters. The third-order valence-corrected chi connectivity index (χ3v) is 4.74. The first-order valence-corrected chi connectivity index (χ1v) is 6.84. The van der Waals surface area contributed by atoms with E-state index in [4.69, 9.17) is 0 Å². The summed E-state index contributed by atoms with van der Waals surface area (Å²) in [6.07, 6.45) is 0. The van der Waals surface area contributed by atoms with E-state index in [2.05, 4.69) is 27.7 Å². The van der Waals surface area contributed by atoms with Crippen LogP contribution in [0.2, 0.25) is 0 Å². The molecule has 0 saturated heterocycles. The van der Waals surface area contributed by atoms with Crippen molar-refractivity contribution in [3.63, 3.8) is 0 Å². The second kappa shape index (κ2) is 4.86. The van der Waals surface area contributed by atoms with Crippen LogP contribution in [0.4, 0.5) is 0 Å². The number of hydrogen-bond acceptors (Lipinski definition) is 2. The minimum absolute atomic E-state index is 0.113. The number of rotatable bonds is 3. The highest BCUT2D eigenvalue weighted by Gasteiger charge is 2.39. The molecule has 2 aromatic rings. The van der Waals surface area contributed by atoms with E-state index < -0.39 is 0 Å². The average Bonchev–Trinajstić information content (AvgIpc) is 2.39. The van der Waals surface area contributed by atoms with Gasteiger partial charge in [-0.25, -0.2) is 0 Å². The molecule has 2 aromatic carbocycles. The highest BCUT2D eigenvalue weighted by Crippen LogP contribution is 2.44. The van der Waals surface area contributed by atoms with E-state index in [1.54, 1.807) is 24.3 Å². The molecule has 2 nitrogen and oxygen atoms in total. The first-order chi connectivity index (χ1) is 9.25. The lowest BCUT2D eigenvalue weighted by atomic mass is 9.61. The van der Waals surface area contributed by atoms with Crippen molar-refractivity contribution < 1.29 is 10.2 Å². The first kappa shape index (κ1) is 14.4. The zero-order chi connectivity index (χ0) is 15.0. The topological polar surface area (TPSA) is 40.5 Å². The van der Waals surface area contributed by atoms with Gasteiger partial charge in [-0.1, -0.05) is 52.0 Å². The lowest BCUT2D eigenvalue weighted by Gasteiger charge is -2.43. The Balaban J connectivity index is 2.45. The molecule has 0 amide bonds. The molecule has 0 spiro atoms. The summed E-state index contributed by atoms with van der Waals surface area (Å²) in [4.78, 5) is 0. The Hall–Kier alpha value is -1.96. The average molecular weight is 270 g/mol. The van der Waals surface area contributed by atoms with Crippen molar-refractivity contribution in [2.45, 2.75) is 38.5 Å². The van der Waals surface area contributed by atoms with Crippen LogP contribution < -0.4 is 0 Å². The van der Waals surface area contributed by atoms with Crippen molar-refractivity contribution in [1.82, 2.24) is 0 Å². The SMILES string of the molecule is CC(C)(c1ccc(O)cc1)C(C)(C)c1ccc(O)cc1. The van der Waals surface area contributed by atoms with E-state index in [-0.39, 0.29) is 22.3 Å². The number of benzene rings is 2. The molecule has 106 valence electrons. The minimum atomic E-state index is -0.113. The van der Waals surface area contributed by atoms with Crippen molar-refractivity contribution in [1.29, 1.82) is 0 Å². The Bertz CT molecular complexity index is 522. The van der Waals surface area contributed by atoms with Crippen molar-refractivity contribution >= 4 is 0 Å². The quantitative estimate of drug-likeness (QED) is 0.870. The summed E-state index contributed by atoms with van der Waals surface area (Å²) >= 11 is 0. The van der Waals surface area contributed by atoms with Crippen LogP contribution in [0.25, 0.3) is 0 Å². The summed E-state index contributed by atoms with van der Waals surface area (Å²) < 4.78 is 0. The monoisotopic (exact) mass is 270 g/mol. The summed E-state index contributed by atoms with van der Waals surface area (Å²) in [6.45, 7) is 8.80. The molecular formula is C18H22O2. The van der Waals surface area contributed by atoms with Crippen molar-refractivity contribution in [2.24, 2.45) is 0 Å². The van der Waals surface area contributed by atoms with E-state index in [9.17, 15) is 10.2 Å². The van der Waals surface area contributed by atoms with Gasteiger partial charge in [-0.3, -0.25) is 0 Å². The van der Waals surface area contributed by atoms with Crippen LogP contribution in [-0.4, -0.2) is 10.2 Å². The highest BCUT2D eigenvalue weighted by molar-refractivity contribution is 5.39. The van der Waals surface area contributed by atoms with Crippen LogP contribution in [0.1, 0.15) is 38.8 Å². The third kappa shape index (κ3) is 2.38.